The van der Waals surface area contributed by atoms with Crippen LogP contribution in [0.25, 0.3) is 0 Å². The van der Waals surface area contributed by atoms with Gasteiger partial charge in [-0.3, -0.25) is 10.3 Å². The van der Waals surface area contributed by atoms with E-state index in [0.717, 1.165) is 11.6 Å². The Kier molecular flexibility index (Phi) is 3.69. The number of hydrogen-bond acceptors (Lipinski definition) is 5. The van der Waals surface area contributed by atoms with Gasteiger partial charge in [0.05, 0.1) is 5.75 Å². The molecule has 0 saturated heterocycles. The Morgan fingerprint density at radius 2 is 2.25 bits per heavy atom. The van der Waals surface area contributed by atoms with Gasteiger partial charge in [0.15, 0.2) is 6.73 Å². The summed E-state index contributed by atoms with van der Waals surface area (Å²) in [6.07, 6.45) is 0. The molecular formula is C11H15N3OS. The van der Waals surface area contributed by atoms with Crippen molar-refractivity contribution >= 4 is 23.3 Å². The molecule has 0 bridgehead atoms. The molecule has 86 valence electrons. The van der Waals surface area contributed by atoms with E-state index < -0.39 is 0 Å². The first-order valence-electron chi connectivity index (χ1n) is 5.07. The lowest BCUT2D eigenvalue weighted by Gasteiger charge is -2.16. The summed E-state index contributed by atoms with van der Waals surface area (Å²) in [5.41, 5.74) is 4.02. The fraction of sp³-hybridized carbons (Fsp3) is 0.364. The van der Waals surface area contributed by atoms with E-state index in [0.29, 0.717) is 6.73 Å². The molecule has 0 aliphatic carbocycles. The zero-order valence-corrected chi connectivity index (χ0v) is 10.3. The topological polar surface area (TPSA) is 36.9 Å². The quantitative estimate of drug-likeness (QED) is 0.809. The number of thioether (sulfide) groups is 1. The van der Waals surface area contributed by atoms with E-state index in [-0.39, 0.29) is 0 Å². The normalized spacial score (nSPS) is 14.5. The molecule has 0 atom stereocenters. The molecule has 1 N–H and O–H groups in total. The SMILES string of the molecule is CN(C)c1ccccc1SCC1=NCON1. The molecule has 4 nitrogen and oxygen atoms in total. The molecule has 0 aromatic heterocycles. The Hall–Kier alpha value is -1.20. The Labute approximate surface area is 99.6 Å². The fourth-order valence-corrected chi connectivity index (χ4v) is 2.44. The molecule has 0 radical (unpaired) electrons. The highest BCUT2D eigenvalue weighted by Gasteiger charge is 2.09. The maximum absolute atomic E-state index is 4.95. The van der Waals surface area contributed by atoms with Crippen molar-refractivity contribution in [2.45, 2.75) is 4.90 Å². The van der Waals surface area contributed by atoms with Gasteiger partial charge in [-0.25, -0.2) is 4.99 Å². The number of anilines is 1. The van der Waals surface area contributed by atoms with Crippen LogP contribution in [0.1, 0.15) is 0 Å². The van der Waals surface area contributed by atoms with Crippen molar-refractivity contribution in [2.24, 2.45) is 4.99 Å². The molecule has 2 rings (SSSR count). The van der Waals surface area contributed by atoms with Crippen LogP contribution in [0.2, 0.25) is 0 Å². The van der Waals surface area contributed by atoms with E-state index in [9.17, 15) is 0 Å². The van der Waals surface area contributed by atoms with Gasteiger partial charge in [0.1, 0.15) is 5.84 Å². The Morgan fingerprint density at radius 3 is 2.94 bits per heavy atom. The number of hydroxylamine groups is 1. The van der Waals surface area contributed by atoms with Crippen molar-refractivity contribution in [2.75, 3.05) is 31.5 Å². The number of nitrogens with zero attached hydrogens (tertiary/aromatic N) is 2. The maximum Gasteiger partial charge on any atom is 0.166 e. The summed E-state index contributed by atoms with van der Waals surface area (Å²) in [5, 5.41) is 0. The van der Waals surface area contributed by atoms with Crippen LogP contribution in [0, 0.1) is 0 Å². The molecular weight excluding hydrogens is 222 g/mol. The van der Waals surface area contributed by atoms with Gasteiger partial charge in [-0.2, -0.15) is 0 Å². The highest BCUT2D eigenvalue weighted by Crippen LogP contribution is 2.28. The van der Waals surface area contributed by atoms with Crippen molar-refractivity contribution in [3.63, 3.8) is 0 Å². The Balaban J connectivity index is 2.03. The summed E-state index contributed by atoms with van der Waals surface area (Å²) in [5.74, 6) is 1.71. The number of benzene rings is 1. The van der Waals surface area contributed by atoms with Crippen LogP contribution in [-0.2, 0) is 4.84 Å². The first-order chi connectivity index (χ1) is 7.77. The zero-order valence-electron chi connectivity index (χ0n) is 9.43. The predicted molar refractivity (Wildman–Crippen MR) is 68.0 cm³/mol. The van der Waals surface area contributed by atoms with Crippen molar-refractivity contribution in [1.82, 2.24) is 5.48 Å². The molecule has 1 heterocycles. The van der Waals surface area contributed by atoms with Gasteiger partial charge in [0.25, 0.3) is 0 Å². The van der Waals surface area contributed by atoms with E-state index in [4.69, 9.17) is 4.84 Å². The average Bonchev–Trinajstić information content (AvgIpc) is 2.79. The summed E-state index contributed by atoms with van der Waals surface area (Å²) < 4.78 is 0. The molecule has 0 unspecified atom stereocenters. The number of rotatable bonds is 4. The highest BCUT2D eigenvalue weighted by molar-refractivity contribution is 8.00. The lowest BCUT2D eigenvalue weighted by Crippen LogP contribution is -2.19. The van der Waals surface area contributed by atoms with Gasteiger partial charge in [0.2, 0.25) is 0 Å². The maximum atomic E-state index is 4.95. The van der Waals surface area contributed by atoms with Gasteiger partial charge in [-0.1, -0.05) is 12.1 Å². The van der Waals surface area contributed by atoms with E-state index in [1.807, 2.05) is 20.2 Å². The number of amidine groups is 1. The van der Waals surface area contributed by atoms with Gasteiger partial charge in [0, 0.05) is 24.7 Å². The molecule has 1 aromatic rings. The minimum Gasteiger partial charge on any atom is -0.377 e. The minimum atomic E-state index is 0.422. The summed E-state index contributed by atoms with van der Waals surface area (Å²) in [6, 6.07) is 8.34. The van der Waals surface area contributed by atoms with Crippen LogP contribution in [0.3, 0.4) is 0 Å². The van der Waals surface area contributed by atoms with E-state index >= 15 is 0 Å². The Bertz CT molecular complexity index is 393. The second kappa shape index (κ2) is 5.23. The summed E-state index contributed by atoms with van der Waals surface area (Å²) >= 11 is 1.76. The van der Waals surface area contributed by atoms with Gasteiger partial charge >= 0.3 is 0 Å². The molecule has 0 fully saturated rings. The first-order valence-corrected chi connectivity index (χ1v) is 6.06. The second-order valence-corrected chi connectivity index (χ2v) is 4.65. The van der Waals surface area contributed by atoms with Crippen LogP contribution >= 0.6 is 11.8 Å². The van der Waals surface area contributed by atoms with Crippen molar-refractivity contribution in [1.29, 1.82) is 0 Å². The van der Waals surface area contributed by atoms with Crippen LogP contribution in [0.4, 0.5) is 5.69 Å². The Morgan fingerprint density at radius 1 is 1.44 bits per heavy atom. The molecule has 0 spiro atoms. The van der Waals surface area contributed by atoms with Crippen LogP contribution in [0.5, 0.6) is 0 Å². The first kappa shape index (κ1) is 11.3. The van der Waals surface area contributed by atoms with Gasteiger partial charge < -0.3 is 4.90 Å². The number of nitrogens with one attached hydrogen (secondary N) is 1. The molecule has 1 aliphatic rings. The van der Waals surface area contributed by atoms with Crippen molar-refractivity contribution < 1.29 is 4.84 Å². The molecule has 1 aromatic carbocycles. The number of para-hydroxylation sites is 1. The average molecular weight is 237 g/mol. The zero-order chi connectivity index (χ0) is 11.4. The third-order valence-corrected chi connectivity index (χ3v) is 3.30. The monoisotopic (exact) mass is 237 g/mol. The fourth-order valence-electron chi connectivity index (χ4n) is 1.43. The van der Waals surface area contributed by atoms with Crippen molar-refractivity contribution in [3.8, 4) is 0 Å². The molecule has 5 heteroatoms. The number of aliphatic imine (C=N–C) groups is 1. The number of hydrogen-bond donors (Lipinski definition) is 1. The van der Waals surface area contributed by atoms with Crippen molar-refractivity contribution in [3.05, 3.63) is 24.3 Å². The molecule has 1 aliphatic heterocycles. The summed E-state index contributed by atoms with van der Waals surface area (Å²) in [7, 11) is 4.10. The van der Waals surface area contributed by atoms with E-state index in [2.05, 4.69) is 33.6 Å². The standard InChI is InChI=1S/C11H15N3OS/c1-14(2)9-5-3-4-6-10(9)16-7-11-12-8-15-13-11/h3-6H,7-8H2,1-2H3,(H,12,13). The third kappa shape index (κ3) is 2.68. The summed E-state index contributed by atoms with van der Waals surface area (Å²) in [6.45, 7) is 0.422. The van der Waals surface area contributed by atoms with Gasteiger partial charge in [-0.05, 0) is 12.1 Å². The summed E-state index contributed by atoms with van der Waals surface area (Å²) in [4.78, 5) is 12.5. The highest BCUT2D eigenvalue weighted by atomic mass is 32.2. The molecule has 0 amide bonds. The molecule has 0 saturated carbocycles. The van der Waals surface area contributed by atoms with E-state index in [1.54, 1.807) is 11.8 Å². The predicted octanol–water partition coefficient (Wildman–Crippen LogP) is 1.74. The second-order valence-electron chi connectivity index (χ2n) is 3.63. The largest absolute Gasteiger partial charge is 0.377 e. The lowest BCUT2D eigenvalue weighted by molar-refractivity contribution is 0.114. The minimum absolute atomic E-state index is 0.422. The lowest BCUT2D eigenvalue weighted by atomic mass is 10.3. The van der Waals surface area contributed by atoms with Gasteiger partial charge in [-0.15, -0.1) is 11.8 Å². The van der Waals surface area contributed by atoms with Crippen LogP contribution in [-0.4, -0.2) is 32.4 Å². The molecule has 16 heavy (non-hydrogen) atoms. The smallest absolute Gasteiger partial charge is 0.166 e. The third-order valence-electron chi connectivity index (χ3n) is 2.22. The van der Waals surface area contributed by atoms with E-state index in [1.165, 1.54) is 10.6 Å². The van der Waals surface area contributed by atoms with Crippen LogP contribution < -0.4 is 10.4 Å². The van der Waals surface area contributed by atoms with Crippen LogP contribution in [0.15, 0.2) is 34.2 Å².